The number of ether oxygens (including phenoxy) is 2. The van der Waals surface area contributed by atoms with Gasteiger partial charge < -0.3 is 9.47 Å². The Morgan fingerprint density at radius 1 is 1.32 bits per heavy atom. The number of methoxy groups -OCH3 is 1. The van der Waals surface area contributed by atoms with Gasteiger partial charge in [0.2, 0.25) is 9.84 Å². The summed E-state index contributed by atoms with van der Waals surface area (Å²) in [5, 5.41) is 0.396. The van der Waals surface area contributed by atoms with E-state index in [0.717, 1.165) is 13.4 Å². The first-order valence-electron chi connectivity index (χ1n) is 5.34. The number of hydrogen-bond donors (Lipinski definition) is 0. The maximum Gasteiger partial charge on any atom is 0.353 e. The summed E-state index contributed by atoms with van der Waals surface area (Å²) in [4.78, 5) is 10.9. The van der Waals surface area contributed by atoms with Gasteiger partial charge in [0.25, 0.3) is 0 Å². The van der Waals surface area contributed by atoms with Crippen molar-refractivity contribution in [2.24, 2.45) is 0 Å². The van der Waals surface area contributed by atoms with E-state index >= 15 is 0 Å². The smallest absolute Gasteiger partial charge is 0.353 e. The van der Waals surface area contributed by atoms with E-state index in [9.17, 15) is 13.2 Å². The maximum absolute atomic E-state index is 12.3. The molecule has 0 saturated carbocycles. The molecule has 0 aliphatic heterocycles. The van der Waals surface area contributed by atoms with Crippen molar-refractivity contribution >= 4 is 27.4 Å². The van der Waals surface area contributed by atoms with Crippen LogP contribution in [0.1, 0.15) is 6.92 Å². The Hall–Kier alpha value is -1.53. The van der Waals surface area contributed by atoms with Gasteiger partial charge in [0, 0.05) is 5.02 Å². The van der Waals surface area contributed by atoms with Gasteiger partial charge in [-0.25, -0.2) is 13.2 Å². The molecule has 104 valence electrons. The fourth-order valence-corrected chi connectivity index (χ4v) is 2.59. The normalized spacial score (nSPS) is 12.1. The highest BCUT2D eigenvalue weighted by Crippen LogP contribution is 2.22. The SMILES string of the molecule is CCOC=C(C(=O)OC)S(=O)(=O)c1ccc(Cl)cc1. The molecule has 0 aliphatic rings. The first-order chi connectivity index (χ1) is 8.93. The van der Waals surface area contributed by atoms with Crippen LogP contribution < -0.4 is 0 Å². The number of esters is 1. The van der Waals surface area contributed by atoms with Crippen molar-refractivity contribution in [3.05, 3.63) is 40.5 Å². The summed E-state index contributed by atoms with van der Waals surface area (Å²) >= 11 is 5.69. The van der Waals surface area contributed by atoms with Gasteiger partial charge in [0.05, 0.1) is 18.6 Å². The number of rotatable bonds is 5. The van der Waals surface area contributed by atoms with Gasteiger partial charge in [0.15, 0.2) is 4.91 Å². The van der Waals surface area contributed by atoms with Gasteiger partial charge in [-0.2, -0.15) is 0 Å². The van der Waals surface area contributed by atoms with Crippen molar-refractivity contribution < 1.29 is 22.7 Å². The molecule has 0 heterocycles. The highest BCUT2D eigenvalue weighted by Gasteiger charge is 2.28. The van der Waals surface area contributed by atoms with E-state index in [-0.39, 0.29) is 11.5 Å². The molecule has 0 amide bonds. The third-order valence-electron chi connectivity index (χ3n) is 2.16. The lowest BCUT2D eigenvalue weighted by Crippen LogP contribution is -2.16. The van der Waals surface area contributed by atoms with E-state index in [1.807, 2.05) is 0 Å². The Morgan fingerprint density at radius 3 is 2.37 bits per heavy atom. The van der Waals surface area contributed by atoms with Crippen LogP contribution in [0.5, 0.6) is 0 Å². The lowest BCUT2D eigenvalue weighted by Gasteiger charge is -2.07. The van der Waals surface area contributed by atoms with Crippen LogP contribution in [-0.2, 0) is 24.1 Å². The van der Waals surface area contributed by atoms with Crippen molar-refractivity contribution in [3.8, 4) is 0 Å². The minimum absolute atomic E-state index is 0.0618. The molecule has 0 bridgehead atoms. The zero-order chi connectivity index (χ0) is 14.5. The number of halogens is 1. The molecular formula is C12H13ClO5S. The summed E-state index contributed by atoms with van der Waals surface area (Å²) in [5.41, 5.74) is 0. The molecule has 19 heavy (non-hydrogen) atoms. The number of sulfone groups is 1. The molecule has 0 radical (unpaired) electrons. The van der Waals surface area contributed by atoms with E-state index in [1.165, 1.54) is 24.3 Å². The van der Waals surface area contributed by atoms with Crippen LogP contribution >= 0.6 is 11.6 Å². The summed E-state index contributed by atoms with van der Waals surface area (Å²) in [6.07, 6.45) is 0.885. The topological polar surface area (TPSA) is 69.7 Å². The van der Waals surface area contributed by atoms with Gasteiger partial charge in [0.1, 0.15) is 6.26 Å². The molecule has 0 saturated heterocycles. The predicted molar refractivity (Wildman–Crippen MR) is 70.4 cm³/mol. The molecule has 0 fully saturated rings. The van der Waals surface area contributed by atoms with Gasteiger partial charge in [-0.1, -0.05) is 11.6 Å². The van der Waals surface area contributed by atoms with E-state index in [4.69, 9.17) is 16.3 Å². The van der Waals surface area contributed by atoms with Gasteiger partial charge in [-0.05, 0) is 31.2 Å². The van der Waals surface area contributed by atoms with Crippen molar-refractivity contribution in [3.63, 3.8) is 0 Å². The second kappa shape index (κ2) is 6.58. The maximum atomic E-state index is 12.3. The molecule has 1 rings (SSSR count). The first-order valence-corrected chi connectivity index (χ1v) is 7.20. The minimum atomic E-state index is -4.00. The zero-order valence-electron chi connectivity index (χ0n) is 10.4. The van der Waals surface area contributed by atoms with E-state index in [1.54, 1.807) is 6.92 Å². The Bertz CT molecular complexity index is 575. The van der Waals surface area contributed by atoms with Crippen molar-refractivity contribution in [1.82, 2.24) is 0 Å². The van der Waals surface area contributed by atoms with Gasteiger partial charge in [-0.3, -0.25) is 0 Å². The van der Waals surface area contributed by atoms with Crippen LogP contribution in [0, 0.1) is 0 Å². The Labute approximate surface area is 116 Å². The molecule has 0 unspecified atom stereocenters. The molecule has 0 aliphatic carbocycles. The van der Waals surface area contributed by atoms with Crippen molar-refractivity contribution in [2.45, 2.75) is 11.8 Å². The monoisotopic (exact) mass is 304 g/mol. The minimum Gasteiger partial charge on any atom is -0.500 e. The fraction of sp³-hybridized carbons (Fsp3) is 0.250. The van der Waals surface area contributed by atoms with Gasteiger partial charge >= 0.3 is 5.97 Å². The third-order valence-corrected chi connectivity index (χ3v) is 4.14. The second-order valence-electron chi connectivity index (χ2n) is 3.39. The molecule has 0 aromatic heterocycles. The van der Waals surface area contributed by atoms with E-state index < -0.39 is 20.7 Å². The molecule has 7 heteroatoms. The third kappa shape index (κ3) is 3.71. The zero-order valence-corrected chi connectivity index (χ0v) is 12.0. The summed E-state index contributed by atoms with van der Waals surface area (Å²) < 4.78 is 33.8. The molecule has 5 nitrogen and oxygen atoms in total. The molecule has 0 spiro atoms. The lowest BCUT2D eigenvalue weighted by atomic mass is 10.4. The summed E-state index contributed by atoms with van der Waals surface area (Å²) in [6, 6.07) is 5.45. The highest BCUT2D eigenvalue weighted by atomic mass is 35.5. The van der Waals surface area contributed by atoms with Crippen molar-refractivity contribution in [1.29, 1.82) is 0 Å². The van der Waals surface area contributed by atoms with Crippen LogP contribution in [-0.4, -0.2) is 28.1 Å². The quantitative estimate of drug-likeness (QED) is 0.474. The summed E-state index contributed by atoms with van der Waals surface area (Å²) in [7, 11) is -2.90. The molecular weight excluding hydrogens is 292 g/mol. The van der Waals surface area contributed by atoms with Crippen LogP contribution in [0.3, 0.4) is 0 Å². The Morgan fingerprint density at radius 2 is 1.89 bits per heavy atom. The van der Waals surface area contributed by atoms with E-state index in [2.05, 4.69) is 4.74 Å². The molecule has 0 atom stereocenters. The molecule has 1 aromatic carbocycles. The second-order valence-corrected chi connectivity index (χ2v) is 5.74. The van der Waals surface area contributed by atoms with Gasteiger partial charge in [-0.15, -0.1) is 0 Å². The Kier molecular flexibility index (Phi) is 5.38. The molecule has 1 aromatic rings. The average Bonchev–Trinajstić information content (AvgIpc) is 2.39. The summed E-state index contributed by atoms with van der Waals surface area (Å²) in [5.74, 6) is -0.983. The Balaban J connectivity index is 3.27. The average molecular weight is 305 g/mol. The first kappa shape index (κ1) is 15.5. The number of carbonyl (C=O) groups is 1. The highest BCUT2D eigenvalue weighted by molar-refractivity contribution is 7.96. The van der Waals surface area contributed by atoms with Crippen LogP contribution in [0.2, 0.25) is 5.02 Å². The number of hydrogen-bond acceptors (Lipinski definition) is 5. The van der Waals surface area contributed by atoms with Crippen molar-refractivity contribution in [2.75, 3.05) is 13.7 Å². The number of benzene rings is 1. The van der Waals surface area contributed by atoms with E-state index in [0.29, 0.717) is 5.02 Å². The molecule has 0 N–H and O–H groups in total. The van der Waals surface area contributed by atoms with Crippen LogP contribution in [0.25, 0.3) is 0 Å². The largest absolute Gasteiger partial charge is 0.500 e. The lowest BCUT2D eigenvalue weighted by molar-refractivity contribution is -0.135. The standard InChI is InChI=1S/C12H13ClO5S/c1-3-18-8-11(12(14)17-2)19(15,16)10-6-4-9(13)5-7-10/h4-8H,3H2,1-2H3. The fourth-order valence-electron chi connectivity index (χ4n) is 1.22. The van der Waals surface area contributed by atoms with Crippen LogP contribution in [0.4, 0.5) is 0 Å². The predicted octanol–water partition coefficient (Wildman–Crippen LogP) is 2.16. The van der Waals surface area contributed by atoms with Crippen LogP contribution in [0.15, 0.2) is 40.3 Å². The summed E-state index contributed by atoms with van der Waals surface area (Å²) in [6.45, 7) is 1.90. The number of carbonyl (C=O) groups excluding carboxylic acids is 1.